The molecule has 0 saturated carbocycles. The second-order valence-electron chi connectivity index (χ2n) is 8.28. The van der Waals surface area contributed by atoms with Crippen molar-refractivity contribution in [1.82, 2.24) is 19.8 Å². The van der Waals surface area contributed by atoms with Gasteiger partial charge in [-0.15, -0.1) is 0 Å². The zero-order valence-electron chi connectivity index (χ0n) is 18.1. The second-order valence-corrected chi connectivity index (χ2v) is 9.20. The van der Waals surface area contributed by atoms with E-state index in [1.165, 1.54) is 24.7 Å². The molecule has 1 aromatic carbocycles. The summed E-state index contributed by atoms with van der Waals surface area (Å²) in [6.07, 6.45) is 8.76. The van der Waals surface area contributed by atoms with E-state index in [9.17, 15) is 19.7 Å². The number of hydrogen-bond acceptors (Lipinski definition) is 7. The number of carbonyl (C=O) groups is 2. The van der Waals surface area contributed by atoms with Crippen LogP contribution in [0.1, 0.15) is 53.0 Å². The Balaban J connectivity index is 1.60. The minimum Gasteiger partial charge on any atom is -0.374 e. The van der Waals surface area contributed by atoms with Gasteiger partial charge in [0.15, 0.2) is 0 Å². The molecule has 0 bridgehead atoms. The molecule has 2 aromatic rings. The summed E-state index contributed by atoms with van der Waals surface area (Å²) in [5, 5.41) is 15.1. The molecule has 3 heterocycles. The quantitative estimate of drug-likeness (QED) is 0.476. The Bertz CT molecular complexity index is 1040. The molecule has 33 heavy (non-hydrogen) atoms. The van der Waals surface area contributed by atoms with E-state index in [0.29, 0.717) is 30.7 Å². The van der Waals surface area contributed by atoms with E-state index in [2.05, 4.69) is 31.2 Å². The Hall–Kier alpha value is -3.08. The molecule has 174 valence electrons. The Morgan fingerprint density at radius 1 is 1.06 bits per heavy atom. The summed E-state index contributed by atoms with van der Waals surface area (Å²) >= 11 is 3.32. The number of piperidine rings is 2. The molecule has 1 atom stereocenters. The van der Waals surface area contributed by atoms with Crippen molar-refractivity contribution in [3.05, 3.63) is 56.6 Å². The molecule has 1 aromatic heterocycles. The van der Waals surface area contributed by atoms with Crippen LogP contribution < -0.4 is 5.32 Å². The minimum atomic E-state index is -0.481. The van der Waals surface area contributed by atoms with E-state index in [4.69, 9.17) is 0 Å². The molecule has 10 nitrogen and oxygen atoms in total. The van der Waals surface area contributed by atoms with Crippen LogP contribution in [0.2, 0.25) is 0 Å². The Morgan fingerprint density at radius 3 is 2.52 bits per heavy atom. The summed E-state index contributed by atoms with van der Waals surface area (Å²) in [5.41, 5.74) is 0.573. The van der Waals surface area contributed by atoms with Crippen molar-refractivity contribution in [3.8, 4) is 0 Å². The smallest absolute Gasteiger partial charge is 0.294 e. The summed E-state index contributed by atoms with van der Waals surface area (Å²) in [6.45, 7) is 2.19. The summed E-state index contributed by atoms with van der Waals surface area (Å²) in [7, 11) is 0. The minimum absolute atomic E-state index is 0.165. The first-order chi connectivity index (χ1) is 15.9. The van der Waals surface area contributed by atoms with Crippen molar-refractivity contribution in [3.63, 3.8) is 0 Å². The van der Waals surface area contributed by atoms with Gasteiger partial charge in [-0.3, -0.25) is 24.7 Å². The number of anilines is 1. The van der Waals surface area contributed by atoms with Crippen molar-refractivity contribution >= 4 is 39.1 Å². The highest BCUT2D eigenvalue weighted by molar-refractivity contribution is 9.10. The first-order valence-corrected chi connectivity index (χ1v) is 11.8. The normalized spacial score (nSPS) is 18.6. The number of nitrogens with one attached hydrogen (secondary N) is 1. The van der Waals surface area contributed by atoms with Gasteiger partial charge in [-0.2, -0.15) is 0 Å². The van der Waals surface area contributed by atoms with Crippen molar-refractivity contribution < 1.29 is 14.5 Å². The van der Waals surface area contributed by atoms with Gasteiger partial charge in [-0.05, 0) is 38.2 Å². The summed E-state index contributed by atoms with van der Waals surface area (Å²) in [6, 6.07) is 2.80. The van der Waals surface area contributed by atoms with E-state index in [-0.39, 0.29) is 40.5 Å². The first kappa shape index (κ1) is 23.1. The van der Waals surface area contributed by atoms with E-state index in [1.54, 1.807) is 15.9 Å². The highest BCUT2D eigenvalue weighted by Crippen LogP contribution is 2.35. The number of likely N-dealkylation sites (tertiary alicyclic amines) is 2. The van der Waals surface area contributed by atoms with Crippen molar-refractivity contribution in [2.75, 3.05) is 31.5 Å². The molecule has 2 aliphatic rings. The molecule has 2 saturated heterocycles. The van der Waals surface area contributed by atoms with E-state index in [0.717, 1.165) is 32.1 Å². The molecule has 0 spiro atoms. The van der Waals surface area contributed by atoms with Crippen LogP contribution in [-0.2, 0) is 0 Å². The molecular formula is C22H25BrN6O4. The van der Waals surface area contributed by atoms with Crippen molar-refractivity contribution in [2.24, 2.45) is 0 Å². The van der Waals surface area contributed by atoms with Crippen LogP contribution in [0.25, 0.3) is 0 Å². The maximum Gasteiger partial charge on any atom is 0.294 e. The third-order valence-electron chi connectivity index (χ3n) is 5.99. The molecule has 1 N–H and O–H groups in total. The molecule has 11 heteroatoms. The first-order valence-electron chi connectivity index (χ1n) is 11.0. The molecular weight excluding hydrogens is 492 g/mol. The highest BCUT2D eigenvalue weighted by Gasteiger charge is 2.31. The van der Waals surface area contributed by atoms with E-state index < -0.39 is 4.92 Å². The Labute approximate surface area is 199 Å². The SMILES string of the molecule is O=C(c1cnccn1)N1CCC[C@@H](Nc2c(C(=O)N3CCCCC3)cc(Br)cc2[N+](=O)[O-])C1. The predicted octanol–water partition coefficient (Wildman–Crippen LogP) is 3.49. The van der Waals surface area contributed by atoms with Gasteiger partial charge in [-0.1, -0.05) is 15.9 Å². The standard InChI is InChI=1S/C22H25BrN6O4/c23-15-11-17(21(30)27-8-2-1-3-9-27)20(19(12-15)29(32)33)26-16-5-4-10-28(14-16)22(31)18-13-24-6-7-25-18/h6-7,11-13,16,26H,1-5,8-10,14H2/t16-/m1/s1. The number of halogens is 1. The molecule has 0 unspecified atom stereocenters. The van der Waals surface area contributed by atoms with Crippen molar-refractivity contribution in [1.29, 1.82) is 0 Å². The summed E-state index contributed by atoms with van der Waals surface area (Å²) < 4.78 is 0.475. The monoisotopic (exact) mass is 516 g/mol. The topological polar surface area (TPSA) is 122 Å². The van der Waals surface area contributed by atoms with E-state index >= 15 is 0 Å². The summed E-state index contributed by atoms with van der Waals surface area (Å²) in [5.74, 6) is -0.450. The van der Waals surface area contributed by atoms with E-state index in [1.807, 2.05) is 0 Å². The van der Waals surface area contributed by atoms with Gasteiger partial charge >= 0.3 is 0 Å². The zero-order chi connectivity index (χ0) is 23.4. The van der Waals surface area contributed by atoms with Crippen LogP contribution in [-0.4, -0.2) is 68.7 Å². The number of rotatable bonds is 5. The summed E-state index contributed by atoms with van der Waals surface area (Å²) in [4.78, 5) is 49.0. The third-order valence-corrected chi connectivity index (χ3v) is 6.45. The second kappa shape index (κ2) is 10.2. The lowest BCUT2D eigenvalue weighted by Crippen LogP contribution is -2.45. The van der Waals surface area contributed by atoms with Gasteiger partial charge < -0.3 is 15.1 Å². The maximum absolute atomic E-state index is 13.3. The largest absolute Gasteiger partial charge is 0.374 e. The number of hydrogen-bond donors (Lipinski definition) is 1. The number of aromatic nitrogens is 2. The van der Waals surface area contributed by atoms with Gasteiger partial charge in [0.2, 0.25) is 0 Å². The van der Waals surface area contributed by atoms with Crippen LogP contribution in [0.5, 0.6) is 0 Å². The molecule has 0 radical (unpaired) electrons. The number of carbonyl (C=O) groups excluding carboxylic acids is 2. The van der Waals surface area contributed by atoms with Gasteiger partial charge in [0.05, 0.1) is 16.7 Å². The van der Waals surface area contributed by atoms with Crippen LogP contribution in [0.3, 0.4) is 0 Å². The lowest BCUT2D eigenvalue weighted by Gasteiger charge is -2.34. The van der Waals surface area contributed by atoms with Gasteiger partial charge in [0.1, 0.15) is 11.4 Å². The lowest BCUT2D eigenvalue weighted by molar-refractivity contribution is -0.384. The number of nitrogens with zero attached hydrogens (tertiary/aromatic N) is 5. The van der Waals surface area contributed by atoms with Crippen LogP contribution in [0.4, 0.5) is 11.4 Å². The number of nitro benzene ring substituents is 1. The maximum atomic E-state index is 13.3. The van der Waals surface area contributed by atoms with Crippen LogP contribution in [0, 0.1) is 10.1 Å². The fraction of sp³-hybridized carbons (Fsp3) is 0.455. The number of amides is 2. The average Bonchev–Trinajstić information content (AvgIpc) is 2.85. The fourth-order valence-electron chi connectivity index (χ4n) is 4.38. The van der Waals surface area contributed by atoms with Gasteiger partial charge in [0.25, 0.3) is 17.5 Å². The number of benzene rings is 1. The molecule has 2 fully saturated rings. The van der Waals surface area contributed by atoms with Gasteiger partial charge in [-0.25, -0.2) is 4.98 Å². The predicted molar refractivity (Wildman–Crippen MR) is 125 cm³/mol. The molecule has 2 amide bonds. The Morgan fingerprint density at radius 2 is 1.82 bits per heavy atom. The number of nitro groups is 1. The third kappa shape index (κ3) is 5.29. The zero-order valence-corrected chi connectivity index (χ0v) is 19.7. The van der Waals surface area contributed by atoms with Crippen LogP contribution >= 0.6 is 15.9 Å². The molecule has 4 rings (SSSR count). The molecule has 0 aliphatic carbocycles. The van der Waals surface area contributed by atoms with Gasteiger partial charge in [0, 0.05) is 55.2 Å². The fourth-order valence-corrected chi connectivity index (χ4v) is 4.83. The molecule has 2 aliphatic heterocycles. The highest BCUT2D eigenvalue weighted by atomic mass is 79.9. The van der Waals surface area contributed by atoms with Crippen LogP contribution in [0.15, 0.2) is 35.2 Å². The lowest BCUT2D eigenvalue weighted by atomic mass is 10.0. The Kier molecular flexibility index (Phi) is 7.17. The average molecular weight is 517 g/mol. The van der Waals surface area contributed by atoms with Crippen molar-refractivity contribution in [2.45, 2.75) is 38.1 Å².